The average Bonchev–Trinajstić information content (AvgIpc) is 0.722. The Bertz CT molecular complexity index is 94.9. The zero-order valence-electron chi connectivity index (χ0n) is 3.17. The molecule has 0 aromatic heterocycles. The number of halogens is 1. The maximum Gasteiger partial charge on any atom is 2.00 e. The van der Waals surface area contributed by atoms with E-state index in [1.165, 1.54) is 0 Å². The van der Waals surface area contributed by atoms with Crippen LogP contribution in [0.15, 0.2) is 0 Å². The van der Waals surface area contributed by atoms with Crippen molar-refractivity contribution in [3.05, 3.63) is 0 Å². The summed E-state index contributed by atoms with van der Waals surface area (Å²) in [6, 6.07) is 0. The van der Waals surface area contributed by atoms with Crippen LogP contribution in [0, 0.1) is 0 Å². The molecule has 0 saturated heterocycles. The molecule has 0 radical (unpaired) electrons. The number of hydrogen-bond acceptors (Lipinski definition) is 3. The predicted molar refractivity (Wildman–Crippen MR) is 18.1 cm³/mol. The van der Waals surface area contributed by atoms with Crippen molar-refractivity contribution in [1.29, 1.82) is 0 Å². The van der Waals surface area contributed by atoms with E-state index in [1.807, 2.05) is 0 Å². The van der Waals surface area contributed by atoms with Crippen molar-refractivity contribution < 1.29 is 22.2 Å². The van der Waals surface area contributed by atoms with Gasteiger partial charge < -0.3 is 9.26 Å². The molecular formula is HCaFO4S. The fourth-order valence-corrected chi connectivity index (χ4v) is 0. The van der Waals surface area contributed by atoms with E-state index in [4.69, 9.17) is 17.5 Å². The van der Waals surface area contributed by atoms with Crippen molar-refractivity contribution in [3.8, 4) is 0 Å². The molecule has 0 fully saturated rings. The topological polar surface area (TPSA) is 77.4 Å². The van der Waals surface area contributed by atoms with Gasteiger partial charge in [-0.25, -0.2) is 8.42 Å². The summed E-state index contributed by atoms with van der Waals surface area (Å²) in [7, 11) is -4.92. The normalized spacial score (nSPS) is 8.29. The van der Waals surface area contributed by atoms with Crippen LogP contribution in [-0.4, -0.2) is 55.3 Å². The minimum atomic E-state index is -4.92. The van der Waals surface area contributed by atoms with E-state index in [9.17, 15) is 0 Å². The molecule has 0 heterocycles. The van der Waals surface area contributed by atoms with Crippen LogP contribution < -0.4 is 4.70 Å². The molecule has 0 rings (SSSR count). The van der Waals surface area contributed by atoms with Crippen molar-refractivity contribution in [3.63, 3.8) is 0 Å². The summed E-state index contributed by atoms with van der Waals surface area (Å²) in [6.07, 6.45) is 0. The molecule has 0 spiro atoms. The Labute approximate surface area is 69.9 Å². The summed E-state index contributed by atoms with van der Waals surface area (Å²) < 4.78 is 32.8. The van der Waals surface area contributed by atoms with Crippen molar-refractivity contribution in [2.24, 2.45) is 0 Å². The van der Waals surface area contributed by atoms with Crippen LogP contribution in [0.25, 0.3) is 0 Å². The molecule has 0 bridgehead atoms. The average molecular weight is 156 g/mol. The molecule has 7 heteroatoms. The maximum absolute atomic E-state index is 8.63. The van der Waals surface area contributed by atoms with Crippen LogP contribution in [-0.2, 0) is 10.4 Å². The molecule has 0 atom stereocenters. The third kappa shape index (κ3) is 161. The molecular weight excluding hydrogens is 155 g/mol. The van der Waals surface area contributed by atoms with Crippen molar-refractivity contribution in [1.82, 2.24) is 0 Å². The van der Waals surface area contributed by atoms with Gasteiger partial charge in [0.25, 0.3) is 0 Å². The summed E-state index contributed by atoms with van der Waals surface area (Å²) in [4.78, 5) is 0. The van der Waals surface area contributed by atoms with Gasteiger partial charge in [0.15, 0.2) is 0 Å². The summed E-state index contributed by atoms with van der Waals surface area (Å²) in [5, 5.41) is 0. The van der Waals surface area contributed by atoms with Gasteiger partial charge in [-0.15, -0.1) is 0 Å². The van der Waals surface area contributed by atoms with E-state index in [0.29, 0.717) is 0 Å². The summed E-state index contributed by atoms with van der Waals surface area (Å²) >= 11 is 0. The quantitative estimate of drug-likeness (QED) is 0.218. The van der Waals surface area contributed by atoms with E-state index in [2.05, 4.69) is 0 Å². The first kappa shape index (κ1) is 15.7. The van der Waals surface area contributed by atoms with Crippen LogP contribution in [0.4, 0.5) is 0 Å². The zero-order chi connectivity index (χ0) is 4.50. The van der Waals surface area contributed by atoms with Crippen LogP contribution in [0.5, 0.6) is 0 Å². The molecule has 0 aliphatic rings. The molecule has 7 heavy (non-hydrogen) atoms. The molecule has 0 saturated carbocycles. The van der Waals surface area contributed by atoms with Crippen molar-refractivity contribution in [2.45, 2.75) is 0 Å². The first-order valence-corrected chi connectivity index (χ1v) is 2.05. The Kier molecular flexibility index (Phi) is 11.7. The molecule has 0 aromatic carbocycles. The second-order valence-electron chi connectivity index (χ2n) is 0.428. The zero-order valence-corrected chi connectivity index (χ0v) is 6.19. The third-order valence-electron chi connectivity index (χ3n) is 0. The van der Waals surface area contributed by atoms with Gasteiger partial charge in [-0.2, -0.15) is 0 Å². The van der Waals surface area contributed by atoms with Gasteiger partial charge in [0.2, 0.25) is 10.4 Å². The molecule has 0 aliphatic carbocycles. The van der Waals surface area contributed by atoms with Crippen LogP contribution in [0.2, 0.25) is 0 Å². The third-order valence-corrected chi connectivity index (χ3v) is 0. The molecule has 1 N–H and O–H groups in total. The second-order valence-corrected chi connectivity index (χ2v) is 1.28. The van der Waals surface area contributed by atoms with E-state index >= 15 is 0 Å². The van der Waals surface area contributed by atoms with Gasteiger partial charge in [0, 0.05) is 0 Å². The van der Waals surface area contributed by atoms with Gasteiger partial charge >= 0.3 is 37.7 Å². The van der Waals surface area contributed by atoms with Crippen LogP contribution >= 0.6 is 0 Å². The van der Waals surface area contributed by atoms with E-state index < -0.39 is 10.4 Å². The van der Waals surface area contributed by atoms with Gasteiger partial charge in [-0.05, 0) is 0 Å². The molecule has 0 unspecified atom stereocenters. The fraction of sp³-hybridized carbons (Fsp3) is 0. The minimum Gasteiger partial charge on any atom is -1.00 e. The summed E-state index contributed by atoms with van der Waals surface area (Å²) in [6.45, 7) is 0. The minimum absolute atomic E-state index is 0. The van der Waals surface area contributed by atoms with Gasteiger partial charge in [0.1, 0.15) is 0 Å². The predicted octanol–water partition coefficient (Wildman–Crippen LogP) is -4.37. The van der Waals surface area contributed by atoms with Crippen molar-refractivity contribution in [2.75, 3.05) is 0 Å². The SMILES string of the molecule is O=S(=O)([O-])O.[Ca+2].[F-]. The number of rotatable bonds is 0. The monoisotopic (exact) mass is 156 g/mol. The smallest absolute Gasteiger partial charge is 1.00 e. The molecule has 40 valence electrons. The molecule has 0 amide bonds. The van der Waals surface area contributed by atoms with Crippen molar-refractivity contribution >= 4 is 48.1 Å². The van der Waals surface area contributed by atoms with E-state index in [1.54, 1.807) is 0 Å². The standard InChI is InChI=1S/Ca.FH.H2O4S/c;;1-5(2,3)4/h;1H;(H2,1,2,3,4)/q+2;;/p-2. The Balaban J connectivity index is -0.0000000800. The Morgan fingerprint density at radius 1 is 1.43 bits per heavy atom. The molecule has 4 nitrogen and oxygen atoms in total. The Hall–Kier alpha value is 1.06. The largest absolute Gasteiger partial charge is 2.00 e. The van der Waals surface area contributed by atoms with Gasteiger partial charge in [-0.3, -0.25) is 4.55 Å². The van der Waals surface area contributed by atoms with Gasteiger partial charge in [-0.1, -0.05) is 0 Å². The second kappa shape index (κ2) is 5.20. The molecule has 0 aromatic rings. The Morgan fingerprint density at radius 2 is 1.43 bits per heavy atom. The maximum atomic E-state index is 8.63. The van der Waals surface area contributed by atoms with Crippen LogP contribution in [0.1, 0.15) is 0 Å². The van der Waals surface area contributed by atoms with Crippen LogP contribution in [0.3, 0.4) is 0 Å². The molecule has 0 aliphatic heterocycles. The number of hydrogen-bond donors (Lipinski definition) is 1. The Morgan fingerprint density at radius 3 is 1.43 bits per heavy atom. The summed E-state index contributed by atoms with van der Waals surface area (Å²) in [5.74, 6) is 0. The summed E-state index contributed by atoms with van der Waals surface area (Å²) in [5.41, 5.74) is 0. The first-order valence-electron chi connectivity index (χ1n) is 0.683. The first-order chi connectivity index (χ1) is 2.00. The fourth-order valence-electron chi connectivity index (χ4n) is 0. The van der Waals surface area contributed by atoms with E-state index in [0.717, 1.165) is 0 Å². The van der Waals surface area contributed by atoms with Gasteiger partial charge in [0.05, 0.1) is 0 Å². The van der Waals surface area contributed by atoms with E-state index in [-0.39, 0.29) is 42.4 Å².